The van der Waals surface area contributed by atoms with Crippen LogP contribution in [0.1, 0.15) is 32.6 Å². The van der Waals surface area contributed by atoms with Crippen LogP contribution in [0.4, 0.5) is 0 Å². The van der Waals surface area contributed by atoms with Crippen molar-refractivity contribution < 1.29 is 19.0 Å². The lowest BCUT2D eigenvalue weighted by Gasteiger charge is -2.33. The average molecular weight is 271 g/mol. The Hall–Kier alpha value is -0.650. The van der Waals surface area contributed by atoms with E-state index in [1.54, 1.807) is 0 Å². The smallest absolute Gasteiger partial charge is 0.326 e. The Morgan fingerprint density at radius 2 is 2.26 bits per heavy atom. The molecule has 19 heavy (non-hydrogen) atoms. The molecule has 0 bridgehead atoms. The molecule has 1 saturated heterocycles. The van der Waals surface area contributed by atoms with Crippen LogP contribution in [0, 0.1) is 5.92 Å². The van der Waals surface area contributed by atoms with E-state index in [0.29, 0.717) is 32.3 Å². The van der Waals surface area contributed by atoms with Crippen molar-refractivity contribution in [3.63, 3.8) is 0 Å². The summed E-state index contributed by atoms with van der Waals surface area (Å²) in [5.41, 5.74) is -0.504. The first-order chi connectivity index (χ1) is 9.23. The Labute approximate surface area is 115 Å². The number of hydrogen-bond donors (Lipinski definition) is 1. The van der Waals surface area contributed by atoms with Crippen molar-refractivity contribution >= 4 is 5.97 Å². The zero-order valence-corrected chi connectivity index (χ0v) is 11.9. The second kappa shape index (κ2) is 6.68. The molecule has 110 valence electrons. The monoisotopic (exact) mass is 271 g/mol. The molecule has 0 spiro atoms. The molecule has 1 saturated carbocycles. The predicted octanol–water partition coefficient (Wildman–Crippen LogP) is 1.11. The Morgan fingerprint density at radius 1 is 1.47 bits per heavy atom. The minimum Gasteiger partial charge on any atom is -0.465 e. The van der Waals surface area contributed by atoms with E-state index in [-0.39, 0.29) is 12.1 Å². The highest BCUT2D eigenvalue weighted by Gasteiger charge is 2.48. The highest BCUT2D eigenvalue weighted by Crippen LogP contribution is 2.38. The van der Waals surface area contributed by atoms with Crippen LogP contribution in [-0.2, 0) is 19.0 Å². The first-order valence-electron chi connectivity index (χ1n) is 7.28. The predicted molar refractivity (Wildman–Crippen MR) is 70.9 cm³/mol. The number of carbonyl (C=O) groups excluding carboxylic acids is 1. The van der Waals surface area contributed by atoms with Gasteiger partial charge in [0.1, 0.15) is 11.6 Å². The van der Waals surface area contributed by atoms with Gasteiger partial charge in [0.2, 0.25) is 0 Å². The van der Waals surface area contributed by atoms with Crippen molar-refractivity contribution in [3.8, 4) is 0 Å². The van der Waals surface area contributed by atoms with Crippen LogP contribution in [-0.4, -0.2) is 51.1 Å². The van der Waals surface area contributed by atoms with Crippen LogP contribution in [0.5, 0.6) is 0 Å². The van der Waals surface area contributed by atoms with E-state index in [0.717, 1.165) is 25.7 Å². The van der Waals surface area contributed by atoms with Gasteiger partial charge in [-0.3, -0.25) is 4.79 Å². The molecule has 2 rings (SSSR count). The molecule has 5 heteroatoms. The van der Waals surface area contributed by atoms with Crippen molar-refractivity contribution in [2.24, 2.45) is 5.92 Å². The van der Waals surface area contributed by atoms with Gasteiger partial charge >= 0.3 is 5.97 Å². The molecule has 1 N–H and O–H groups in total. The van der Waals surface area contributed by atoms with Gasteiger partial charge in [0.15, 0.2) is 0 Å². The quantitative estimate of drug-likeness (QED) is 0.703. The second-order valence-corrected chi connectivity index (χ2v) is 5.35. The summed E-state index contributed by atoms with van der Waals surface area (Å²) in [4.78, 5) is 12.2. The second-order valence-electron chi connectivity index (χ2n) is 5.35. The SMILES string of the molecule is CCOC(=O)C1(NC)CCCC1CCOC1COC1. The fourth-order valence-electron chi connectivity index (χ4n) is 3.12. The summed E-state index contributed by atoms with van der Waals surface area (Å²) in [6, 6.07) is 0. The maximum absolute atomic E-state index is 12.2. The van der Waals surface area contributed by atoms with Gasteiger partial charge in [-0.05, 0) is 39.2 Å². The van der Waals surface area contributed by atoms with Crippen molar-refractivity contribution in [2.45, 2.75) is 44.2 Å². The summed E-state index contributed by atoms with van der Waals surface area (Å²) in [6.07, 6.45) is 4.14. The van der Waals surface area contributed by atoms with Gasteiger partial charge in [-0.15, -0.1) is 0 Å². The minimum atomic E-state index is -0.504. The third-order valence-electron chi connectivity index (χ3n) is 4.33. The van der Waals surface area contributed by atoms with Gasteiger partial charge in [0, 0.05) is 6.61 Å². The Bertz CT molecular complexity index is 306. The number of hydrogen-bond acceptors (Lipinski definition) is 5. The largest absolute Gasteiger partial charge is 0.465 e. The summed E-state index contributed by atoms with van der Waals surface area (Å²) in [7, 11) is 1.86. The zero-order valence-electron chi connectivity index (χ0n) is 11.9. The molecule has 0 radical (unpaired) electrons. The third kappa shape index (κ3) is 3.09. The Kier molecular flexibility index (Phi) is 5.19. The van der Waals surface area contributed by atoms with E-state index < -0.39 is 5.54 Å². The van der Waals surface area contributed by atoms with E-state index >= 15 is 0 Å². The molecule has 0 amide bonds. The lowest BCUT2D eigenvalue weighted by atomic mass is 9.85. The summed E-state index contributed by atoms with van der Waals surface area (Å²) in [5.74, 6) is 0.199. The lowest BCUT2D eigenvalue weighted by Crippen LogP contribution is -2.54. The Balaban J connectivity index is 1.87. The molecule has 2 fully saturated rings. The molecule has 2 aliphatic rings. The number of nitrogens with one attached hydrogen (secondary N) is 1. The van der Waals surface area contributed by atoms with E-state index in [9.17, 15) is 4.79 Å². The standard InChI is InChI=1S/C14H25NO4/c1-3-18-13(16)14(15-2)7-4-5-11(14)6-8-19-12-9-17-10-12/h11-12,15H,3-10H2,1-2H3. The number of rotatable bonds is 7. The van der Waals surface area contributed by atoms with Gasteiger partial charge in [-0.1, -0.05) is 6.42 Å². The number of esters is 1. The first kappa shape index (κ1) is 14.8. The molecule has 1 aliphatic carbocycles. The fourth-order valence-corrected chi connectivity index (χ4v) is 3.12. The van der Waals surface area contributed by atoms with Gasteiger partial charge in [0.25, 0.3) is 0 Å². The molecule has 0 aromatic carbocycles. The van der Waals surface area contributed by atoms with Crippen molar-refractivity contribution in [1.82, 2.24) is 5.32 Å². The van der Waals surface area contributed by atoms with Crippen LogP contribution in [0.25, 0.3) is 0 Å². The van der Waals surface area contributed by atoms with E-state index in [2.05, 4.69) is 5.32 Å². The van der Waals surface area contributed by atoms with Gasteiger partial charge < -0.3 is 19.5 Å². The fraction of sp³-hybridized carbons (Fsp3) is 0.929. The van der Waals surface area contributed by atoms with E-state index in [4.69, 9.17) is 14.2 Å². The molecule has 1 heterocycles. The summed E-state index contributed by atoms with van der Waals surface area (Å²) in [5, 5.41) is 3.22. The molecule has 1 aliphatic heterocycles. The molecule has 5 nitrogen and oxygen atoms in total. The van der Waals surface area contributed by atoms with Crippen molar-refractivity contribution in [1.29, 1.82) is 0 Å². The van der Waals surface area contributed by atoms with Crippen LogP contribution in [0.15, 0.2) is 0 Å². The van der Waals surface area contributed by atoms with Gasteiger partial charge in [0.05, 0.1) is 19.8 Å². The molecular formula is C14H25NO4. The summed E-state index contributed by atoms with van der Waals surface area (Å²) in [6.45, 7) is 4.40. The maximum atomic E-state index is 12.2. The van der Waals surface area contributed by atoms with Crippen LogP contribution in [0.2, 0.25) is 0 Å². The first-order valence-corrected chi connectivity index (χ1v) is 7.28. The molecule has 2 atom stereocenters. The van der Waals surface area contributed by atoms with Gasteiger partial charge in [-0.25, -0.2) is 0 Å². The van der Waals surface area contributed by atoms with Crippen molar-refractivity contribution in [2.75, 3.05) is 33.5 Å². The molecule has 0 aromatic rings. The van der Waals surface area contributed by atoms with Crippen LogP contribution < -0.4 is 5.32 Å². The number of ether oxygens (including phenoxy) is 3. The van der Waals surface area contributed by atoms with E-state index in [1.807, 2.05) is 14.0 Å². The highest BCUT2D eigenvalue weighted by atomic mass is 16.6. The average Bonchev–Trinajstić information content (AvgIpc) is 2.77. The van der Waals surface area contributed by atoms with E-state index in [1.165, 1.54) is 0 Å². The number of carbonyl (C=O) groups is 1. The highest BCUT2D eigenvalue weighted by molar-refractivity contribution is 5.81. The summed E-state index contributed by atoms with van der Waals surface area (Å²) >= 11 is 0. The van der Waals surface area contributed by atoms with Crippen LogP contribution >= 0.6 is 0 Å². The lowest BCUT2D eigenvalue weighted by molar-refractivity contribution is -0.154. The third-order valence-corrected chi connectivity index (χ3v) is 4.33. The van der Waals surface area contributed by atoms with Crippen LogP contribution in [0.3, 0.4) is 0 Å². The molecular weight excluding hydrogens is 246 g/mol. The molecule has 2 unspecified atom stereocenters. The zero-order chi connectivity index (χ0) is 13.7. The minimum absolute atomic E-state index is 0.105. The van der Waals surface area contributed by atoms with Gasteiger partial charge in [-0.2, -0.15) is 0 Å². The Morgan fingerprint density at radius 3 is 2.84 bits per heavy atom. The van der Waals surface area contributed by atoms with Crippen molar-refractivity contribution in [3.05, 3.63) is 0 Å². The number of likely N-dealkylation sites (N-methyl/N-ethyl adjacent to an activating group) is 1. The maximum Gasteiger partial charge on any atom is 0.326 e. The normalized spacial score (nSPS) is 31.2. The summed E-state index contributed by atoms with van der Waals surface area (Å²) < 4.78 is 16.0. The molecule has 0 aromatic heterocycles. The topological polar surface area (TPSA) is 56.8 Å².